The van der Waals surface area contributed by atoms with Crippen LogP contribution in [-0.2, 0) is 22.6 Å². The number of nitrogens with zero attached hydrogens (tertiary/aromatic N) is 4. The zero-order chi connectivity index (χ0) is 26.4. The van der Waals surface area contributed by atoms with E-state index in [1.54, 1.807) is 22.2 Å². The second-order valence-corrected chi connectivity index (χ2v) is 7.76. The Kier molecular flexibility index (Phi) is 8.09. The van der Waals surface area contributed by atoms with Gasteiger partial charge in [0.25, 0.3) is 11.8 Å². The third-order valence-corrected chi connectivity index (χ3v) is 5.14. The van der Waals surface area contributed by atoms with Gasteiger partial charge in [-0.25, -0.2) is 9.78 Å². The highest BCUT2D eigenvalue weighted by Gasteiger charge is 2.21. The number of nitrogens with one attached hydrogen (secondary N) is 2. The number of hydrogen-bond donors (Lipinski definition) is 4. The molecule has 0 aliphatic carbocycles. The molecule has 3 aromatic rings. The number of aryl methyl sites for hydroxylation is 3. The fourth-order valence-electron chi connectivity index (χ4n) is 3.59. The molecular weight excluding hydrogens is 472 g/mol. The number of benzene rings is 1. The van der Waals surface area contributed by atoms with Crippen molar-refractivity contribution < 1.29 is 28.7 Å². The maximum Gasteiger partial charge on any atom is 0.407 e. The number of hydrogen-bond acceptors (Lipinski definition) is 8. The maximum absolute atomic E-state index is 13.1. The molecule has 0 unspecified atom stereocenters. The summed E-state index contributed by atoms with van der Waals surface area (Å²) in [6.07, 6.45) is -0.392. The number of carbonyl (C=O) groups is 4. The van der Waals surface area contributed by atoms with Crippen LogP contribution in [0, 0.1) is 6.92 Å². The zero-order valence-electron chi connectivity index (χ0n) is 20.2. The quantitative estimate of drug-likeness (QED) is 0.273. The van der Waals surface area contributed by atoms with Crippen LogP contribution in [0.3, 0.4) is 0 Å². The summed E-state index contributed by atoms with van der Waals surface area (Å²) < 4.78 is 13.4. The van der Waals surface area contributed by atoms with E-state index in [1.807, 2.05) is 6.92 Å². The van der Waals surface area contributed by atoms with Gasteiger partial charge in [-0.1, -0.05) is 0 Å². The van der Waals surface area contributed by atoms with E-state index in [9.17, 15) is 19.2 Å². The molecule has 0 atom stereocenters. The molecule has 14 heteroatoms. The van der Waals surface area contributed by atoms with Crippen molar-refractivity contribution in [2.24, 2.45) is 11.5 Å². The molecule has 3 rings (SSSR count). The number of alkyl carbamates (subject to hydrolysis) is 1. The van der Waals surface area contributed by atoms with Crippen molar-refractivity contribution >= 4 is 40.8 Å². The van der Waals surface area contributed by atoms with Crippen molar-refractivity contribution in [1.29, 1.82) is 0 Å². The van der Waals surface area contributed by atoms with Gasteiger partial charge < -0.3 is 30.8 Å². The zero-order valence-corrected chi connectivity index (χ0v) is 20.2. The average Bonchev–Trinajstić information content (AvgIpc) is 3.39. The molecule has 0 saturated heterocycles. The molecule has 192 valence electrons. The Morgan fingerprint density at radius 1 is 1.14 bits per heavy atom. The lowest BCUT2D eigenvalue weighted by atomic mass is 10.1. The normalized spacial score (nSPS) is 10.8. The van der Waals surface area contributed by atoms with Crippen LogP contribution in [0.1, 0.15) is 39.9 Å². The third kappa shape index (κ3) is 5.89. The number of carbonyl (C=O) groups excluding carboxylic acids is 4. The smallest absolute Gasteiger partial charge is 0.407 e. The first kappa shape index (κ1) is 26.0. The second kappa shape index (κ2) is 11.2. The van der Waals surface area contributed by atoms with Crippen LogP contribution in [0.25, 0.3) is 11.0 Å². The summed E-state index contributed by atoms with van der Waals surface area (Å²) in [6, 6.07) is 4.66. The third-order valence-electron chi connectivity index (χ3n) is 5.14. The van der Waals surface area contributed by atoms with Gasteiger partial charge in [0.1, 0.15) is 17.0 Å². The van der Waals surface area contributed by atoms with Crippen LogP contribution < -0.4 is 26.8 Å². The van der Waals surface area contributed by atoms with E-state index in [4.69, 9.17) is 16.2 Å². The van der Waals surface area contributed by atoms with Crippen molar-refractivity contribution in [3.63, 3.8) is 0 Å². The Labute approximate surface area is 205 Å². The fraction of sp³-hybridized carbons (Fsp3) is 0.364. The van der Waals surface area contributed by atoms with E-state index < -0.39 is 30.4 Å². The van der Waals surface area contributed by atoms with Crippen LogP contribution in [0.5, 0.6) is 5.75 Å². The van der Waals surface area contributed by atoms with E-state index in [0.717, 1.165) is 0 Å². The van der Waals surface area contributed by atoms with Gasteiger partial charge in [0, 0.05) is 25.2 Å². The van der Waals surface area contributed by atoms with Gasteiger partial charge in [-0.3, -0.25) is 24.4 Å². The molecule has 0 bridgehead atoms. The van der Waals surface area contributed by atoms with E-state index in [-0.39, 0.29) is 18.1 Å². The number of aromatic nitrogens is 4. The second-order valence-electron chi connectivity index (χ2n) is 7.76. The highest BCUT2D eigenvalue weighted by atomic mass is 16.6. The number of ether oxygens (including phenoxy) is 2. The summed E-state index contributed by atoms with van der Waals surface area (Å²) in [5.74, 6) is -1.31. The highest BCUT2D eigenvalue weighted by molar-refractivity contribution is 6.04. The van der Waals surface area contributed by atoms with Gasteiger partial charge in [-0.2, -0.15) is 5.10 Å². The molecule has 4 amide bonds. The van der Waals surface area contributed by atoms with Gasteiger partial charge in [0.15, 0.2) is 6.61 Å². The SMILES string of the molecule is CCn1nc(C)cc1C(=O)Nc1nc2cc(C(N)=O)cc(OC)c2n1CCCNC(=O)OCC(N)=O. The number of fused-ring (bicyclic) bond motifs is 1. The van der Waals surface area contributed by atoms with E-state index in [0.29, 0.717) is 47.7 Å². The van der Waals surface area contributed by atoms with E-state index in [2.05, 4.69) is 25.5 Å². The lowest BCUT2D eigenvalue weighted by Gasteiger charge is -2.13. The first-order chi connectivity index (χ1) is 17.1. The van der Waals surface area contributed by atoms with Crippen molar-refractivity contribution in [3.8, 4) is 5.75 Å². The van der Waals surface area contributed by atoms with Gasteiger partial charge in [0.05, 0.1) is 18.3 Å². The fourth-order valence-corrected chi connectivity index (χ4v) is 3.59. The molecule has 36 heavy (non-hydrogen) atoms. The molecule has 14 nitrogen and oxygen atoms in total. The first-order valence-electron chi connectivity index (χ1n) is 11.1. The predicted molar refractivity (Wildman–Crippen MR) is 129 cm³/mol. The van der Waals surface area contributed by atoms with Gasteiger partial charge >= 0.3 is 6.09 Å². The number of nitrogens with two attached hydrogens (primary N) is 2. The largest absolute Gasteiger partial charge is 0.494 e. The van der Waals surface area contributed by atoms with Crippen molar-refractivity contribution in [3.05, 3.63) is 35.2 Å². The van der Waals surface area contributed by atoms with E-state index in [1.165, 1.54) is 19.2 Å². The minimum atomic E-state index is -0.787. The lowest BCUT2D eigenvalue weighted by Crippen LogP contribution is -2.30. The van der Waals surface area contributed by atoms with Crippen molar-refractivity contribution in [2.45, 2.75) is 33.4 Å². The number of primary amides is 2. The monoisotopic (exact) mass is 500 g/mol. The molecule has 0 saturated carbocycles. The molecule has 0 radical (unpaired) electrons. The molecule has 6 N–H and O–H groups in total. The number of rotatable bonds is 11. The summed E-state index contributed by atoms with van der Waals surface area (Å²) in [7, 11) is 1.44. The minimum Gasteiger partial charge on any atom is -0.494 e. The Bertz CT molecular complexity index is 1310. The summed E-state index contributed by atoms with van der Waals surface area (Å²) in [5, 5.41) is 9.61. The Morgan fingerprint density at radius 2 is 1.89 bits per heavy atom. The van der Waals surface area contributed by atoms with Crippen LogP contribution in [0.2, 0.25) is 0 Å². The topological polar surface area (TPSA) is 198 Å². The standard InChI is InChI=1S/C22H28N8O6/c1-4-30-15(8-12(2)28-30)20(33)27-21-26-14-9-13(19(24)32)10-16(35-3)18(14)29(21)7-5-6-25-22(34)36-11-17(23)31/h8-10H,4-7,11H2,1-3H3,(H2,23,31)(H2,24,32)(H,25,34)(H,26,27,33). The van der Waals surface area contributed by atoms with Gasteiger partial charge in [-0.15, -0.1) is 0 Å². The summed E-state index contributed by atoms with van der Waals surface area (Å²) >= 11 is 0. The molecule has 2 aromatic heterocycles. The summed E-state index contributed by atoms with van der Waals surface area (Å²) in [4.78, 5) is 51.8. The average molecular weight is 501 g/mol. The minimum absolute atomic E-state index is 0.189. The van der Waals surface area contributed by atoms with Gasteiger partial charge in [-0.05, 0) is 38.5 Å². The number of imidazole rings is 1. The Hall–Kier alpha value is -4.62. The molecule has 2 heterocycles. The lowest BCUT2D eigenvalue weighted by molar-refractivity contribution is -0.120. The number of methoxy groups -OCH3 is 1. The van der Waals surface area contributed by atoms with Crippen LogP contribution >= 0.6 is 0 Å². The molecule has 0 aliphatic rings. The maximum atomic E-state index is 13.1. The van der Waals surface area contributed by atoms with Crippen LogP contribution in [0.15, 0.2) is 18.2 Å². The molecular formula is C22H28N8O6. The Morgan fingerprint density at radius 3 is 2.53 bits per heavy atom. The molecule has 0 spiro atoms. The molecule has 0 fully saturated rings. The summed E-state index contributed by atoms with van der Waals surface area (Å²) in [5.41, 5.74) is 12.5. The molecule has 0 aliphatic heterocycles. The van der Waals surface area contributed by atoms with Crippen LogP contribution in [0.4, 0.5) is 10.7 Å². The highest BCUT2D eigenvalue weighted by Crippen LogP contribution is 2.31. The predicted octanol–water partition coefficient (Wildman–Crippen LogP) is 0.523. The number of anilines is 1. The first-order valence-corrected chi connectivity index (χ1v) is 11.1. The molecule has 1 aromatic carbocycles. The van der Waals surface area contributed by atoms with E-state index >= 15 is 0 Å². The van der Waals surface area contributed by atoms with Gasteiger partial charge in [0.2, 0.25) is 11.9 Å². The van der Waals surface area contributed by atoms with Crippen molar-refractivity contribution in [1.82, 2.24) is 24.6 Å². The summed E-state index contributed by atoms with van der Waals surface area (Å²) in [6.45, 7) is 4.11. The Balaban J connectivity index is 1.90. The van der Waals surface area contributed by atoms with Crippen molar-refractivity contribution in [2.75, 3.05) is 25.6 Å². The number of amides is 4. The van der Waals surface area contributed by atoms with Crippen LogP contribution in [-0.4, -0.2) is 63.4 Å².